The first kappa shape index (κ1) is 12.5. The van der Waals surface area contributed by atoms with Crippen molar-refractivity contribution in [2.45, 2.75) is 32.8 Å². The number of ether oxygens (including phenoxy) is 3. The summed E-state index contributed by atoms with van der Waals surface area (Å²) in [5.74, 6) is 0.831. The van der Waals surface area contributed by atoms with Crippen LogP contribution in [0.1, 0.15) is 26.7 Å². The molecule has 1 atom stereocenters. The molecule has 4 nitrogen and oxygen atoms in total. The van der Waals surface area contributed by atoms with Crippen molar-refractivity contribution in [2.24, 2.45) is 4.99 Å². The Morgan fingerprint density at radius 3 is 2.93 bits per heavy atom. The smallest absolute Gasteiger partial charge is 0.185 e. The van der Waals surface area contributed by atoms with E-state index >= 15 is 0 Å². The Morgan fingerprint density at radius 2 is 2.27 bits per heavy atom. The standard InChI is InChI=1S/C11H21NO3/c1-3-10(2)14-9-8-13-6-4-11-12-5-7-15-11/h10H,3-9H2,1-2H3. The van der Waals surface area contributed by atoms with Gasteiger partial charge in [-0.2, -0.15) is 0 Å². The maximum atomic E-state index is 5.48. The van der Waals surface area contributed by atoms with E-state index < -0.39 is 0 Å². The molecule has 0 saturated carbocycles. The van der Waals surface area contributed by atoms with Crippen molar-refractivity contribution in [2.75, 3.05) is 33.0 Å². The monoisotopic (exact) mass is 215 g/mol. The minimum Gasteiger partial charge on any atom is -0.479 e. The lowest BCUT2D eigenvalue weighted by Crippen LogP contribution is -2.13. The van der Waals surface area contributed by atoms with Crippen LogP contribution in [0.15, 0.2) is 4.99 Å². The van der Waals surface area contributed by atoms with Gasteiger partial charge in [-0.05, 0) is 13.3 Å². The summed E-state index contributed by atoms with van der Waals surface area (Å²) in [5.41, 5.74) is 0. The van der Waals surface area contributed by atoms with E-state index in [4.69, 9.17) is 14.2 Å². The fraction of sp³-hybridized carbons (Fsp3) is 0.909. The van der Waals surface area contributed by atoms with Crippen molar-refractivity contribution < 1.29 is 14.2 Å². The molecule has 88 valence electrons. The van der Waals surface area contributed by atoms with Crippen LogP contribution in [-0.4, -0.2) is 45.0 Å². The molecular formula is C11H21NO3. The molecule has 0 aromatic heterocycles. The molecule has 1 aliphatic rings. The molecule has 0 aromatic rings. The molecule has 1 heterocycles. The van der Waals surface area contributed by atoms with Crippen LogP contribution >= 0.6 is 0 Å². The van der Waals surface area contributed by atoms with E-state index in [1.54, 1.807) is 0 Å². The molecule has 0 aromatic carbocycles. The lowest BCUT2D eigenvalue weighted by molar-refractivity contribution is 0.0121. The van der Waals surface area contributed by atoms with Gasteiger partial charge in [0.1, 0.15) is 6.61 Å². The second kappa shape index (κ2) is 7.65. The molecule has 1 rings (SSSR count). The highest BCUT2D eigenvalue weighted by atomic mass is 16.5. The molecule has 0 saturated heterocycles. The summed E-state index contributed by atoms with van der Waals surface area (Å²) in [6, 6.07) is 0. The van der Waals surface area contributed by atoms with Crippen LogP contribution in [0, 0.1) is 0 Å². The van der Waals surface area contributed by atoms with E-state index in [9.17, 15) is 0 Å². The van der Waals surface area contributed by atoms with Crippen LogP contribution in [0.25, 0.3) is 0 Å². The topological polar surface area (TPSA) is 40.0 Å². The number of aliphatic imine (C=N–C) groups is 1. The summed E-state index contributed by atoms with van der Waals surface area (Å²) in [5, 5.41) is 0. The average Bonchev–Trinajstić information content (AvgIpc) is 2.75. The molecular weight excluding hydrogens is 194 g/mol. The molecule has 0 N–H and O–H groups in total. The quantitative estimate of drug-likeness (QED) is 0.578. The zero-order valence-electron chi connectivity index (χ0n) is 9.70. The Kier molecular flexibility index (Phi) is 6.36. The third-order valence-electron chi connectivity index (χ3n) is 2.31. The van der Waals surface area contributed by atoms with Crippen molar-refractivity contribution in [1.29, 1.82) is 0 Å². The van der Waals surface area contributed by atoms with Crippen molar-refractivity contribution in [1.82, 2.24) is 0 Å². The minimum atomic E-state index is 0.330. The van der Waals surface area contributed by atoms with Gasteiger partial charge in [-0.3, -0.25) is 4.99 Å². The van der Waals surface area contributed by atoms with E-state index in [1.165, 1.54) is 0 Å². The van der Waals surface area contributed by atoms with Gasteiger partial charge in [-0.1, -0.05) is 6.92 Å². The Bertz CT molecular complexity index is 194. The molecule has 0 amide bonds. The average molecular weight is 215 g/mol. The van der Waals surface area contributed by atoms with Crippen LogP contribution in [0.3, 0.4) is 0 Å². The zero-order chi connectivity index (χ0) is 10.9. The fourth-order valence-corrected chi connectivity index (χ4v) is 1.22. The van der Waals surface area contributed by atoms with Gasteiger partial charge in [0.2, 0.25) is 0 Å². The van der Waals surface area contributed by atoms with E-state index in [1.807, 2.05) is 0 Å². The fourth-order valence-electron chi connectivity index (χ4n) is 1.22. The maximum absolute atomic E-state index is 5.48. The highest BCUT2D eigenvalue weighted by molar-refractivity contribution is 5.77. The van der Waals surface area contributed by atoms with Gasteiger partial charge < -0.3 is 14.2 Å². The van der Waals surface area contributed by atoms with Gasteiger partial charge in [0.15, 0.2) is 5.90 Å². The van der Waals surface area contributed by atoms with Crippen LogP contribution in [0.2, 0.25) is 0 Å². The predicted octanol–water partition coefficient (Wildman–Crippen LogP) is 1.64. The van der Waals surface area contributed by atoms with Crippen molar-refractivity contribution >= 4 is 5.90 Å². The summed E-state index contributed by atoms with van der Waals surface area (Å²) in [4.78, 5) is 4.18. The molecule has 1 aliphatic heterocycles. The van der Waals surface area contributed by atoms with Gasteiger partial charge >= 0.3 is 0 Å². The molecule has 0 aliphatic carbocycles. The lowest BCUT2D eigenvalue weighted by atomic mass is 10.3. The van der Waals surface area contributed by atoms with E-state index in [2.05, 4.69) is 18.8 Å². The van der Waals surface area contributed by atoms with Crippen LogP contribution in [0.4, 0.5) is 0 Å². The van der Waals surface area contributed by atoms with E-state index in [-0.39, 0.29) is 0 Å². The molecule has 4 heteroatoms. The van der Waals surface area contributed by atoms with Gasteiger partial charge in [-0.25, -0.2) is 0 Å². The molecule has 0 bridgehead atoms. The van der Waals surface area contributed by atoms with Crippen molar-refractivity contribution in [3.63, 3.8) is 0 Å². The van der Waals surface area contributed by atoms with Crippen LogP contribution in [-0.2, 0) is 14.2 Å². The van der Waals surface area contributed by atoms with Gasteiger partial charge in [-0.15, -0.1) is 0 Å². The lowest BCUT2D eigenvalue weighted by Gasteiger charge is -2.10. The number of hydrogen-bond donors (Lipinski definition) is 0. The first-order valence-electron chi connectivity index (χ1n) is 5.68. The van der Waals surface area contributed by atoms with Crippen LogP contribution in [0.5, 0.6) is 0 Å². The van der Waals surface area contributed by atoms with E-state index in [0.717, 1.165) is 31.9 Å². The van der Waals surface area contributed by atoms with Gasteiger partial charge in [0, 0.05) is 6.42 Å². The Hall–Kier alpha value is -0.610. The normalized spacial score (nSPS) is 17.3. The second-order valence-electron chi connectivity index (χ2n) is 3.58. The van der Waals surface area contributed by atoms with Crippen molar-refractivity contribution in [3.05, 3.63) is 0 Å². The SMILES string of the molecule is CCC(C)OCCOCCC1=NCCO1. The third kappa shape index (κ3) is 5.74. The first-order valence-corrected chi connectivity index (χ1v) is 5.68. The highest BCUT2D eigenvalue weighted by Crippen LogP contribution is 1.99. The Balaban J connectivity index is 1.84. The Morgan fingerprint density at radius 1 is 1.40 bits per heavy atom. The van der Waals surface area contributed by atoms with E-state index in [0.29, 0.717) is 25.9 Å². The summed E-state index contributed by atoms with van der Waals surface area (Å²) in [6.45, 7) is 7.70. The molecule has 0 fully saturated rings. The largest absolute Gasteiger partial charge is 0.479 e. The summed E-state index contributed by atoms with van der Waals surface area (Å²) in [6.07, 6.45) is 2.16. The van der Waals surface area contributed by atoms with Gasteiger partial charge in [0.25, 0.3) is 0 Å². The third-order valence-corrected chi connectivity index (χ3v) is 2.31. The molecule has 0 radical (unpaired) electrons. The maximum Gasteiger partial charge on any atom is 0.185 e. The number of hydrogen-bond acceptors (Lipinski definition) is 4. The first-order chi connectivity index (χ1) is 7.33. The second-order valence-corrected chi connectivity index (χ2v) is 3.58. The summed E-state index contributed by atoms with van der Waals surface area (Å²) >= 11 is 0. The molecule has 0 spiro atoms. The Labute approximate surface area is 91.6 Å². The predicted molar refractivity (Wildman–Crippen MR) is 59.4 cm³/mol. The zero-order valence-corrected chi connectivity index (χ0v) is 9.70. The van der Waals surface area contributed by atoms with Crippen molar-refractivity contribution in [3.8, 4) is 0 Å². The minimum absolute atomic E-state index is 0.330. The molecule has 1 unspecified atom stereocenters. The number of rotatable bonds is 8. The summed E-state index contributed by atoms with van der Waals surface area (Å²) < 4.78 is 16.1. The highest BCUT2D eigenvalue weighted by Gasteiger charge is 2.06. The molecule has 15 heavy (non-hydrogen) atoms. The van der Waals surface area contributed by atoms with Crippen LogP contribution < -0.4 is 0 Å². The van der Waals surface area contributed by atoms with Gasteiger partial charge in [0.05, 0.1) is 32.5 Å². The summed E-state index contributed by atoms with van der Waals surface area (Å²) in [7, 11) is 0. The number of nitrogens with zero attached hydrogens (tertiary/aromatic N) is 1.